The largest absolute Gasteiger partial charge is 0.459 e. The maximum absolute atomic E-state index is 8.83. The van der Waals surface area contributed by atoms with Gasteiger partial charge in [0, 0.05) is 24.5 Å². The van der Waals surface area contributed by atoms with Crippen LogP contribution in [0.2, 0.25) is 0 Å². The molecule has 0 spiro atoms. The molecule has 0 amide bonds. The second kappa shape index (κ2) is 7.54. The van der Waals surface area contributed by atoms with E-state index in [1.54, 1.807) is 7.05 Å². The topological polar surface area (TPSA) is 73.3 Å². The van der Waals surface area contributed by atoms with Gasteiger partial charge in [0.1, 0.15) is 11.3 Å². The zero-order valence-electron chi connectivity index (χ0n) is 14.3. The standard InChI is InChI=1S/C20H20N4O/c1-14-17-5-3-4-6-18(17)25-19(14)13-24-20(22-2)23-12-16-9-7-15(11-21)8-10-16/h3-10H,12-13H2,1-2H3,(H2,22,23,24). The van der Waals surface area contributed by atoms with Crippen LogP contribution in [0.1, 0.15) is 22.5 Å². The van der Waals surface area contributed by atoms with Crippen molar-refractivity contribution in [2.45, 2.75) is 20.0 Å². The molecule has 2 N–H and O–H groups in total. The molecule has 1 heterocycles. The van der Waals surface area contributed by atoms with E-state index in [9.17, 15) is 0 Å². The zero-order valence-corrected chi connectivity index (χ0v) is 14.3. The number of hydrogen-bond donors (Lipinski definition) is 2. The maximum Gasteiger partial charge on any atom is 0.191 e. The molecule has 0 aliphatic rings. The summed E-state index contributed by atoms with van der Waals surface area (Å²) in [5.41, 5.74) is 3.79. The predicted molar refractivity (Wildman–Crippen MR) is 99.1 cm³/mol. The number of benzene rings is 2. The van der Waals surface area contributed by atoms with Crippen LogP contribution in [0.25, 0.3) is 11.0 Å². The number of aliphatic imine (C=N–C) groups is 1. The van der Waals surface area contributed by atoms with E-state index in [1.807, 2.05) is 42.5 Å². The molecular weight excluding hydrogens is 312 g/mol. The molecule has 1 aromatic heterocycles. The molecule has 2 aromatic carbocycles. The predicted octanol–water partition coefficient (Wildman–Crippen LogP) is 3.48. The number of fused-ring (bicyclic) bond motifs is 1. The number of aryl methyl sites for hydroxylation is 1. The van der Waals surface area contributed by atoms with E-state index in [2.05, 4.69) is 34.7 Å². The summed E-state index contributed by atoms with van der Waals surface area (Å²) in [6.07, 6.45) is 0. The van der Waals surface area contributed by atoms with Gasteiger partial charge in [0.15, 0.2) is 5.96 Å². The Hall–Kier alpha value is -3.26. The van der Waals surface area contributed by atoms with Crippen molar-refractivity contribution in [1.29, 1.82) is 5.26 Å². The molecule has 25 heavy (non-hydrogen) atoms. The van der Waals surface area contributed by atoms with Gasteiger partial charge in [0.2, 0.25) is 0 Å². The number of rotatable bonds is 4. The van der Waals surface area contributed by atoms with Crippen LogP contribution in [-0.2, 0) is 13.1 Å². The molecule has 3 aromatic rings. The van der Waals surface area contributed by atoms with Crippen molar-refractivity contribution < 1.29 is 4.42 Å². The summed E-state index contributed by atoms with van der Waals surface area (Å²) >= 11 is 0. The minimum Gasteiger partial charge on any atom is -0.459 e. The number of furan rings is 1. The van der Waals surface area contributed by atoms with E-state index < -0.39 is 0 Å². The van der Waals surface area contributed by atoms with Gasteiger partial charge in [-0.15, -0.1) is 0 Å². The van der Waals surface area contributed by atoms with Crippen molar-refractivity contribution in [1.82, 2.24) is 10.6 Å². The summed E-state index contributed by atoms with van der Waals surface area (Å²) in [6.45, 7) is 3.26. The van der Waals surface area contributed by atoms with Crippen molar-refractivity contribution in [3.05, 3.63) is 71.0 Å². The molecule has 3 rings (SSSR count). The van der Waals surface area contributed by atoms with E-state index in [4.69, 9.17) is 9.68 Å². The highest BCUT2D eigenvalue weighted by Gasteiger charge is 2.10. The fraction of sp³-hybridized carbons (Fsp3) is 0.200. The molecule has 0 atom stereocenters. The number of hydrogen-bond acceptors (Lipinski definition) is 3. The lowest BCUT2D eigenvalue weighted by Gasteiger charge is -2.11. The summed E-state index contributed by atoms with van der Waals surface area (Å²) < 4.78 is 5.91. The van der Waals surface area contributed by atoms with Crippen LogP contribution in [0.15, 0.2) is 57.9 Å². The number of nitrogens with zero attached hydrogens (tertiary/aromatic N) is 2. The van der Waals surface area contributed by atoms with Gasteiger partial charge < -0.3 is 15.1 Å². The second-order valence-corrected chi connectivity index (χ2v) is 5.73. The molecular formula is C20H20N4O. The van der Waals surface area contributed by atoms with Crippen LogP contribution in [0.4, 0.5) is 0 Å². The lowest BCUT2D eigenvalue weighted by Crippen LogP contribution is -2.36. The molecule has 0 bridgehead atoms. The number of para-hydroxylation sites is 1. The van der Waals surface area contributed by atoms with Crippen molar-refractivity contribution in [2.24, 2.45) is 4.99 Å². The lowest BCUT2D eigenvalue weighted by atomic mass is 10.1. The average molecular weight is 332 g/mol. The monoisotopic (exact) mass is 332 g/mol. The highest BCUT2D eigenvalue weighted by atomic mass is 16.3. The Labute approximate surface area is 147 Å². The molecule has 0 unspecified atom stereocenters. The lowest BCUT2D eigenvalue weighted by molar-refractivity contribution is 0.534. The van der Waals surface area contributed by atoms with Gasteiger partial charge in [0.25, 0.3) is 0 Å². The van der Waals surface area contributed by atoms with Crippen LogP contribution in [0.5, 0.6) is 0 Å². The molecule has 126 valence electrons. The van der Waals surface area contributed by atoms with Crippen LogP contribution < -0.4 is 10.6 Å². The van der Waals surface area contributed by atoms with Crippen molar-refractivity contribution in [3.8, 4) is 6.07 Å². The van der Waals surface area contributed by atoms with Crippen LogP contribution in [0, 0.1) is 18.3 Å². The second-order valence-electron chi connectivity index (χ2n) is 5.73. The maximum atomic E-state index is 8.83. The third kappa shape index (κ3) is 3.81. The van der Waals surface area contributed by atoms with Crippen LogP contribution in [-0.4, -0.2) is 13.0 Å². The Morgan fingerprint density at radius 1 is 1.08 bits per heavy atom. The minimum atomic E-state index is 0.563. The molecule has 0 radical (unpaired) electrons. The third-order valence-corrected chi connectivity index (χ3v) is 4.13. The van der Waals surface area contributed by atoms with Crippen molar-refractivity contribution in [3.63, 3.8) is 0 Å². The SMILES string of the molecule is CN=C(NCc1ccc(C#N)cc1)NCc1oc2ccccc2c1C. The quantitative estimate of drug-likeness (QED) is 0.567. The first-order chi connectivity index (χ1) is 12.2. The fourth-order valence-corrected chi connectivity index (χ4v) is 2.66. The molecule has 0 fully saturated rings. The van der Waals surface area contributed by atoms with E-state index in [0.29, 0.717) is 24.6 Å². The molecule has 5 heteroatoms. The minimum absolute atomic E-state index is 0.563. The molecule has 0 saturated heterocycles. The van der Waals surface area contributed by atoms with Crippen LogP contribution in [0.3, 0.4) is 0 Å². The first-order valence-corrected chi connectivity index (χ1v) is 8.12. The van der Waals surface area contributed by atoms with Crippen molar-refractivity contribution >= 4 is 16.9 Å². The van der Waals surface area contributed by atoms with Gasteiger partial charge in [-0.3, -0.25) is 4.99 Å². The molecule has 5 nitrogen and oxygen atoms in total. The van der Waals surface area contributed by atoms with E-state index >= 15 is 0 Å². The van der Waals surface area contributed by atoms with Crippen LogP contribution >= 0.6 is 0 Å². The van der Waals surface area contributed by atoms with Gasteiger partial charge >= 0.3 is 0 Å². The van der Waals surface area contributed by atoms with Crippen molar-refractivity contribution in [2.75, 3.05) is 7.05 Å². The summed E-state index contributed by atoms with van der Waals surface area (Å²) in [6, 6.07) is 17.6. The first kappa shape index (κ1) is 16.6. The first-order valence-electron chi connectivity index (χ1n) is 8.12. The summed E-state index contributed by atoms with van der Waals surface area (Å²) in [7, 11) is 1.74. The van der Waals surface area contributed by atoms with Gasteiger partial charge in [-0.1, -0.05) is 30.3 Å². The Bertz CT molecular complexity index is 932. The molecule has 0 aliphatic carbocycles. The summed E-state index contributed by atoms with van der Waals surface area (Å²) in [5.74, 6) is 1.60. The normalized spacial score (nSPS) is 11.3. The number of guanidine groups is 1. The average Bonchev–Trinajstić information content (AvgIpc) is 2.98. The Morgan fingerprint density at radius 2 is 1.80 bits per heavy atom. The van der Waals surface area contributed by atoms with E-state index in [1.165, 1.54) is 0 Å². The number of nitriles is 1. The summed E-state index contributed by atoms with van der Waals surface area (Å²) in [5, 5.41) is 16.5. The Morgan fingerprint density at radius 3 is 2.48 bits per heavy atom. The Balaban J connectivity index is 1.60. The van der Waals surface area contributed by atoms with Gasteiger partial charge in [0.05, 0.1) is 18.2 Å². The fourth-order valence-electron chi connectivity index (χ4n) is 2.66. The third-order valence-electron chi connectivity index (χ3n) is 4.13. The Kier molecular flexibility index (Phi) is 5.00. The van der Waals surface area contributed by atoms with Gasteiger partial charge in [-0.2, -0.15) is 5.26 Å². The number of nitrogens with one attached hydrogen (secondary N) is 2. The molecule has 0 aliphatic heterocycles. The highest BCUT2D eigenvalue weighted by Crippen LogP contribution is 2.24. The van der Waals surface area contributed by atoms with E-state index in [0.717, 1.165) is 27.9 Å². The molecule has 0 saturated carbocycles. The van der Waals surface area contributed by atoms with Gasteiger partial charge in [-0.25, -0.2) is 0 Å². The summed E-state index contributed by atoms with van der Waals surface area (Å²) in [4.78, 5) is 4.24. The highest BCUT2D eigenvalue weighted by molar-refractivity contribution is 5.82. The zero-order chi connectivity index (χ0) is 17.6. The van der Waals surface area contributed by atoms with E-state index in [-0.39, 0.29) is 0 Å². The smallest absolute Gasteiger partial charge is 0.191 e. The van der Waals surface area contributed by atoms with Gasteiger partial charge in [-0.05, 0) is 30.7 Å².